The third-order valence-electron chi connectivity index (χ3n) is 3.97. The summed E-state index contributed by atoms with van der Waals surface area (Å²) in [6.45, 7) is 0. The van der Waals surface area contributed by atoms with Crippen molar-refractivity contribution in [1.29, 1.82) is 0 Å². The predicted molar refractivity (Wildman–Crippen MR) is 67.2 cm³/mol. The van der Waals surface area contributed by atoms with E-state index in [9.17, 15) is 4.79 Å². The summed E-state index contributed by atoms with van der Waals surface area (Å²) in [7, 11) is 1.91. The van der Waals surface area contributed by atoms with Crippen LogP contribution in [0.15, 0.2) is 10.9 Å². The van der Waals surface area contributed by atoms with Crippen molar-refractivity contribution >= 4 is 17.2 Å². The van der Waals surface area contributed by atoms with Crippen molar-refractivity contribution in [3.05, 3.63) is 16.6 Å². The van der Waals surface area contributed by atoms with Gasteiger partial charge in [0.05, 0.1) is 5.51 Å². The number of amides is 1. The highest BCUT2D eigenvalue weighted by Crippen LogP contribution is 2.29. The normalized spacial score (nSPS) is 31.5. The Balaban J connectivity index is 1.70. The molecule has 2 unspecified atom stereocenters. The quantitative estimate of drug-likeness (QED) is 0.866. The van der Waals surface area contributed by atoms with E-state index in [0.29, 0.717) is 23.8 Å². The van der Waals surface area contributed by atoms with E-state index in [0.717, 1.165) is 12.8 Å². The van der Waals surface area contributed by atoms with Crippen molar-refractivity contribution in [2.24, 2.45) is 0 Å². The second-order valence-corrected chi connectivity index (χ2v) is 5.77. The van der Waals surface area contributed by atoms with Gasteiger partial charge in [-0.2, -0.15) is 0 Å². The molecule has 2 atom stereocenters. The standard InChI is InChI=1S/C12H17N3OS/c1-15(12(16)11-6-17-7-13-11)10-4-8-2-3-9(5-10)14-8/h6-10,14H,2-5H2,1H3. The number of thiazole rings is 1. The number of aromatic nitrogens is 1. The average Bonchev–Trinajstić information content (AvgIpc) is 2.97. The van der Waals surface area contributed by atoms with Crippen LogP contribution in [0.1, 0.15) is 36.2 Å². The van der Waals surface area contributed by atoms with Gasteiger partial charge in [-0.25, -0.2) is 4.98 Å². The molecule has 3 rings (SSSR count). The van der Waals surface area contributed by atoms with Gasteiger partial charge in [0.15, 0.2) is 0 Å². The molecule has 2 bridgehead atoms. The summed E-state index contributed by atoms with van der Waals surface area (Å²) in [5.74, 6) is 0.0672. The second-order valence-electron chi connectivity index (χ2n) is 5.05. The van der Waals surface area contributed by atoms with Gasteiger partial charge in [0, 0.05) is 30.6 Å². The Labute approximate surface area is 105 Å². The summed E-state index contributed by atoms with van der Waals surface area (Å²) in [5.41, 5.74) is 2.30. The maximum atomic E-state index is 12.2. The fourth-order valence-corrected chi connectivity index (χ4v) is 3.53. The molecule has 0 saturated carbocycles. The highest BCUT2D eigenvalue weighted by Gasteiger charge is 2.36. The fraction of sp³-hybridized carbons (Fsp3) is 0.667. The van der Waals surface area contributed by atoms with Crippen molar-refractivity contribution in [2.45, 2.75) is 43.8 Å². The first-order chi connectivity index (χ1) is 8.24. The molecule has 0 aromatic carbocycles. The van der Waals surface area contributed by atoms with Crippen LogP contribution in [0.3, 0.4) is 0 Å². The Kier molecular flexibility index (Phi) is 2.88. The van der Waals surface area contributed by atoms with Gasteiger partial charge in [-0.15, -0.1) is 11.3 Å². The topological polar surface area (TPSA) is 45.2 Å². The van der Waals surface area contributed by atoms with Gasteiger partial charge in [0.25, 0.3) is 5.91 Å². The number of piperidine rings is 1. The van der Waals surface area contributed by atoms with E-state index in [1.807, 2.05) is 17.3 Å². The van der Waals surface area contributed by atoms with E-state index >= 15 is 0 Å². The van der Waals surface area contributed by atoms with Gasteiger partial charge in [-0.05, 0) is 25.7 Å². The Morgan fingerprint density at radius 2 is 2.18 bits per heavy atom. The smallest absolute Gasteiger partial charge is 0.273 e. The third kappa shape index (κ3) is 2.09. The lowest BCUT2D eigenvalue weighted by Crippen LogP contribution is -2.48. The van der Waals surface area contributed by atoms with Crippen LogP contribution in [-0.2, 0) is 0 Å². The first-order valence-electron chi connectivity index (χ1n) is 6.15. The van der Waals surface area contributed by atoms with Crippen molar-refractivity contribution < 1.29 is 4.79 Å². The zero-order valence-electron chi connectivity index (χ0n) is 9.93. The number of carbonyl (C=O) groups excluding carboxylic acids is 1. The highest BCUT2D eigenvalue weighted by molar-refractivity contribution is 7.07. The molecule has 0 spiro atoms. The van der Waals surface area contributed by atoms with Crippen LogP contribution in [0.2, 0.25) is 0 Å². The Morgan fingerprint density at radius 1 is 1.47 bits per heavy atom. The third-order valence-corrected chi connectivity index (χ3v) is 4.55. The summed E-state index contributed by atoms with van der Waals surface area (Å²) >= 11 is 1.47. The Bertz CT molecular complexity index is 394. The number of nitrogens with zero attached hydrogens (tertiary/aromatic N) is 2. The Hall–Kier alpha value is -0.940. The number of hydrogen-bond donors (Lipinski definition) is 1. The van der Waals surface area contributed by atoms with Gasteiger partial charge in [-0.1, -0.05) is 0 Å². The Morgan fingerprint density at radius 3 is 2.76 bits per heavy atom. The summed E-state index contributed by atoms with van der Waals surface area (Å²) in [6, 6.07) is 1.61. The minimum absolute atomic E-state index is 0.0672. The van der Waals surface area contributed by atoms with Crippen LogP contribution in [-0.4, -0.2) is 41.0 Å². The molecule has 0 aliphatic carbocycles. The van der Waals surface area contributed by atoms with Crippen LogP contribution in [0, 0.1) is 0 Å². The van der Waals surface area contributed by atoms with Crippen LogP contribution < -0.4 is 5.32 Å². The first kappa shape index (κ1) is 11.2. The zero-order valence-corrected chi connectivity index (χ0v) is 10.7. The van der Waals surface area contributed by atoms with Crippen LogP contribution >= 0.6 is 11.3 Å². The number of rotatable bonds is 2. The summed E-state index contributed by atoms with van der Waals surface area (Å²) < 4.78 is 0. The number of carbonyl (C=O) groups is 1. The molecule has 2 fully saturated rings. The molecule has 92 valence electrons. The zero-order chi connectivity index (χ0) is 11.8. The predicted octanol–water partition coefficient (Wildman–Crippen LogP) is 1.50. The van der Waals surface area contributed by atoms with Crippen molar-refractivity contribution in [1.82, 2.24) is 15.2 Å². The van der Waals surface area contributed by atoms with Crippen LogP contribution in [0.25, 0.3) is 0 Å². The number of fused-ring (bicyclic) bond motifs is 2. The van der Waals surface area contributed by atoms with Gasteiger partial charge < -0.3 is 10.2 Å². The highest BCUT2D eigenvalue weighted by atomic mass is 32.1. The molecule has 4 nitrogen and oxygen atoms in total. The molecular formula is C12H17N3OS. The molecule has 0 radical (unpaired) electrons. The minimum Gasteiger partial charge on any atom is -0.337 e. The molecule has 17 heavy (non-hydrogen) atoms. The van der Waals surface area contributed by atoms with Crippen LogP contribution in [0.4, 0.5) is 0 Å². The van der Waals surface area contributed by atoms with E-state index in [4.69, 9.17) is 0 Å². The van der Waals surface area contributed by atoms with Gasteiger partial charge >= 0.3 is 0 Å². The maximum absolute atomic E-state index is 12.2. The second kappa shape index (κ2) is 4.38. The molecule has 5 heteroatoms. The van der Waals surface area contributed by atoms with E-state index in [1.54, 1.807) is 5.51 Å². The van der Waals surface area contributed by atoms with Crippen molar-refractivity contribution in [2.75, 3.05) is 7.05 Å². The van der Waals surface area contributed by atoms with Gasteiger partial charge in [-0.3, -0.25) is 4.79 Å². The summed E-state index contributed by atoms with van der Waals surface area (Å²) in [6.07, 6.45) is 4.70. The monoisotopic (exact) mass is 251 g/mol. The summed E-state index contributed by atoms with van der Waals surface area (Å²) in [4.78, 5) is 18.2. The molecule has 1 aromatic rings. The van der Waals surface area contributed by atoms with E-state index in [-0.39, 0.29) is 5.91 Å². The van der Waals surface area contributed by atoms with E-state index in [1.165, 1.54) is 24.2 Å². The van der Waals surface area contributed by atoms with Crippen molar-refractivity contribution in [3.8, 4) is 0 Å². The molecule has 2 aliphatic heterocycles. The van der Waals surface area contributed by atoms with Crippen LogP contribution in [0.5, 0.6) is 0 Å². The largest absolute Gasteiger partial charge is 0.337 e. The lowest BCUT2D eigenvalue weighted by molar-refractivity contribution is 0.0676. The molecule has 1 aromatic heterocycles. The molecule has 2 aliphatic rings. The average molecular weight is 251 g/mol. The molecular weight excluding hydrogens is 234 g/mol. The van der Waals surface area contributed by atoms with E-state index < -0.39 is 0 Å². The fourth-order valence-electron chi connectivity index (χ4n) is 3.01. The lowest BCUT2D eigenvalue weighted by Gasteiger charge is -2.35. The van der Waals surface area contributed by atoms with Gasteiger partial charge in [0.2, 0.25) is 0 Å². The minimum atomic E-state index is 0.0672. The molecule has 2 saturated heterocycles. The first-order valence-corrected chi connectivity index (χ1v) is 7.09. The van der Waals surface area contributed by atoms with Crippen molar-refractivity contribution in [3.63, 3.8) is 0 Å². The molecule has 3 heterocycles. The lowest BCUT2D eigenvalue weighted by atomic mass is 9.98. The number of nitrogens with one attached hydrogen (secondary N) is 1. The molecule has 1 N–H and O–H groups in total. The number of hydrogen-bond acceptors (Lipinski definition) is 4. The van der Waals surface area contributed by atoms with Gasteiger partial charge in [0.1, 0.15) is 5.69 Å². The maximum Gasteiger partial charge on any atom is 0.273 e. The molecule has 1 amide bonds. The summed E-state index contributed by atoms with van der Waals surface area (Å²) in [5, 5.41) is 5.43. The SMILES string of the molecule is CN(C(=O)c1cscn1)C1CC2CCC(C1)N2. The van der Waals surface area contributed by atoms with E-state index in [2.05, 4.69) is 10.3 Å².